The standard InChI is InChI=1S/C15H15F2NO/c1-10-2-5-14(7-15(10)17)19-9-12-6-13(16)4-3-11(12)8-18/h2-7H,8-9,18H2,1H3. The molecule has 0 bridgehead atoms. The molecule has 2 aromatic carbocycles. The number of aryl methyl sites for hydroxylation is 1. The highest BCUT2D eigenvalue weighted by Crippen LogP contribution is 2.19. The second kappa shape index (κ2) is 5.80. The minimum Gasteiger partial charge on any atom is -0.489 e. The van der Waals surface area contributed by atoms with Crippen LogP contribution in [0.25, 0.3) is 0 Å². The molecular formula is C15H15F2NO. The predicted molar refractivity (Wildman–Crippen MR) is 69.8 cm³/mol. The van der Waals surface area contributed by atoms with E-state index < -0.39 is 0 Å². The van der Waals surface area contributed by atoms with Gasteiger partial charge in [0.25, 0.3) is 0 Å². The van der Waals surface area contributed by atoms with Gasteiger partial charge in [0.05, 0.1) is 0 Å². The SMILES string of the molecule is Cc1ccc(OCc2cc(F)ccc2CN)cc1F. The van der Waals surface area contributed by atoms with Crippen LogP contribution < -0.4 is 10.5 Å². The summed E-state index contributed by atoms with van der Waals surface area (Å²) in [5.74, 6) is -0.253. The van der Waals surface area contributed by atoms with Gasteiger partial charge >= 0.3 is 0 Å². The van der Waals surface area contributed by atoms with E-state index in [0.717, 1.165) is 5.56 Å². The molecule has 0 saturated carbocycles. The highest BCUT2D eigenvalue weighted by molar-refractivity contribution is 5.30. The molecular weight excluding hydrogens is 248 g/mol. The molecule has 0 aliphatic heterocycles. The quantitative estimate of drug-likeness (QED) is 0.918. The summed E-state index contributed by atoms with van der Waals surface area (Å²) >= 11 is 0. The number of hydrogen-bond donors (Lipinski definition) is 1. The van der Waals surface area contributed by atoms with Crippen LogP contribution in [0.4, 0.5) is 8.78 Å². The molecule has 0 unspecified atom stereocenters. The van der Waals surface area contributed by atoms with Gasteiger partial charge in [0.1, 0.15) is 24.0 Å². The van der Waals surface area contributed by atoms with Crippen LogP contribution in [0.3, 0.4) is 0 Å². The van der Waals surface area contributed by atoms with Gasteiger partial charge < -0.3 is 10.5 Å². The van der Waals surface area contributed by atoms with E-state index in [-0.39, 0.29) is 18.2 Å². The fourth-order valence-corrected chi connectivity index (χ4v) is 1.75. The lowest BCUT2D eigenvalue weighted by molar-refractivity contribution is 0.302. The molecule has 0 aliphatic rings. The van der Waals surface area contributed by atoms with Crippen molar-refractivity contribution in [3.8, 4) is 5.75 Å². The van der Waals surface area contributed by atoms with E-state index in [1.165, 1.54) is 18.2 Å². The molecule has 0 fully saturated rings. The third-order valence-corrected chi connectivity index (χ3v) is 2.93. The zero-order valence-electron chi connectivity index (χ0n) is 10.6. The van der Waals surface area contributed by atoms with Crippen molar-refractivity contribution in [1.29, 1.82) is 0 Å². The molecule has 0 spiro atoms. The summed E-state index contributed by atoms with van der Waals surface area (Å²) in [7, 11) is 0. The lowest BCUT2D eigenvalue weighted by Gasteiger charge is -2.10. The summed E-state index contributed by atoms with van der Waals surface area (Å²) in [5.41, 5.74) is 7.62. The number of halogens is 2. The lowest BCUT2D eigenvalue weighted by atomic mass is 10.1. The smallest absolute Gasteiger partial charge is 0.129 e. The minimum atomic E-state index is -0.342. The van der Waals surface area contributed by atoms with Crippen molar-refractivity contribution in [3.05, 3.63) is 64.7 Å². The van der Waals surface area contributed by atoms with E-state index in [0.29, 0.717) is 23.4 Å². The highest BCUT2D eigenvalue weighted by Gasteiger charge is 2.05. The van der Waals surface area contributed by atoms with Crippen molar-refractivity contribution in [2.45, 2.75) is 20.1 Å². The molecule has 4 heteroatoms. The first-order valence-electron chi connectivity index (χ1n) is 5.96. The van der Waals surface area contributed by atoms with Gasteiger partial charge in [-0.15, -0.1) is 0 Å². The molecule has 19 heavy (non-hydrogen) atoms. The van der Waals surface area contributed by atoms with Crippen molar-refractivity contribution >= 4 is 0 Å². The van der Waals surface area contributed by atoms with E-state index in [4.69, 9.17) is 10.5 Å². The molecule has 2 nitrogen and oxygen atoms in total. The van der Waals surface area contributed by atoms with Crippen molar-refractivity contribution in [2.75, 3.05) is 0 Å². The first kappa shape index (κ1) is 13.5. The van der Waals surface area contributed by atoms with Gasteiger partial charge in [-0.2, -0.15) is 0 Å². The molecule has 0 radical (unpaired) electrons. The molecule has 0 aromatic heterocycles. The summed E-state index contributed by atoms with van der Waals surface area (Å²) in [5, 5.41) is 0. The zero-order chi connectivity index (χ0) is 13.8. The van der Waals surface area contributed by atoms with Crippen LogP contribution in [0.1, 0.15) is 16.7 Å². The average Bonchev–Trinajstić information content (AvgIpc) is 2.40. The maximum atomic E-state index is 13.4. The molecule has 2 aromatic rings. The van der Waals surface area contributed by atoms with Crippen molar-refractivity contribution in [3.63, 3.8) is 0 Å². The van der Waals surface area contributed by atoms with E-state index in [1.54, 1.807) is 25.1 Å². The number of rotatable bonds is 4. The predicted octanol–water partition coefficient (Wildman–Crippen LogP) is 3.31. The van der Waals surface area contributed by atoms with Gasteiger partial charge in [0.2, 0.25) is 0 Å². The van der Waals surface area contributed by atoms with Crippen LogP contribution >= 0.6 is 0 Å². The fourth-order valence-electron chi connectivity index (χ4n) is 1.75. The maximum absolute atomic E-state index is 13.4. The van der Waals surface area contributed by atoms with Crippen LogP contribution in [0.15, 0.2) is 36.4 Å². The molecule has 2 rings (SSSR count). The Labute approximate surface area is 110 Å². The van der Waals surface area contributed by atoms with Gasteiger partial charge in [-0.05, 0) is 41.8 Å². The Kier molecular flexibility index (Phi) is 4.12. The molecule has 2 N–H and O–H groups in total. The molecule has 100 valence electrons. The summed E-state index contributed by atoms with van der Waals surface area (Å²) in [4.78, 5) is 0. The summed E-state index contributed by atoms with van der Waals surface area (Å²) < 4.78 is 32.0. The van der Waals surface area contributed by atoms with Gasteiger partial charge in [-0.1, -0.05) is 12.1 Å². The van der Waals surface area contributed by atoms with E-state index in [2.05, 4.69) is 0 Å². The Morgan fingerprint density at radius 1 is 1.05 bits per heavy atom. The Hall–Kier alpha value is -1.94. The third-order valence-electron chi connectivity index (χ3n) is 2.93. The number of benzene rings is 2. The molecule has 0 heterocycles. The first-order valence-corrected chi connectivity index (χ1v) is 5.96. The molecule has 0 amide bonds. The Balaban J connectivity index is 2.13. The van der Waals surface area contributed by atoms with Crippen molar-refractivity contribution < 1.29 is 13.5 Å². The van der Waals surface area contributed by atoms with Crippen LogP contribution in [0.5, 0.6) is 5.75 Å². The monoisotopic (exact) mass is 263 g/mol. The average molecular weight is 263 g/mol. The Morgan fingerprint density at radius 3 is 2.53 bits per heavy atom. The topological polar surface area (TPSA) is 35.2 Å². The van der Waals surface area contributed by atoms with Crippen LogP contribution in [0.2, 0.25) is 0 Å². The van der Waals surface area contributed by atoms with E-state index >= 15 is 0 Å². The maximum Gasteiger partial charge on any atom is 0.129 e. The summed E-state index contributed by atoms with van der Waals surface area (Å²) in [6, 6.07) is 9.00. The molecule has 0 atom stereocenters. The van der Waals surface area contributed by atoms with E-state index in [9.17, 15) is 8.78 Å². The van der Waals surface area contributed by atoms with Gasteiger partial charge in [-0.3, -0.25) is 0 Å². The summed E-state index contributed by atoms with van der Waals surface area (Å²) in [6.45, 7) is 2.15. The minimum absolute atomic E-state index is 0.160. The number of ether oxygens (including phenoxy) is 1. The number of hydrogen-bond acceptors (Lipinski definition) is 2. The second-order valence-electron chi connectivity index (χ2n) is 4.32. The third kappa shape index (κ3) is 3.29. The van der Waals surface area contributed by atoms with Crippen LogP contribution in [0, 0.1) is 18.6 Å². The van der Waals surface area contributed by atoms with Crippen molar-refractivity contribution in [1.82, 2.24) is 0 Å². The fraction of sp³-hybridized carbons (Fsp3) is 0.200. The largest absolute Gasteiger partial charge is 0.489 e. The van der Waals surface area contributed by atoms with Gasteiger partial charge in [-0.25, -0.2) is 8.78 Å². The lowest BCUT2D eigenvalue weighted by Crippen LogP contribution is -2.05. The zero-order valence-corrected chi connectivity index (χ0v) is 10.6. The van der Waals surface area contributed by atoms with Gasteiger partial charge in [0, 0.05) is 12.6 Å². The van der Waals surface area contributed by atoms with Crippen molar-refractivity contribution in [2.24, 2.45) is 5.73 Å². The Morgan fingerprint density at radius 2 is 1.84 bits per heavy atom. The Bertz CT molecular complexity index is 584. The van der Waals surface area contributed by atoms with Crippen LogP contribution in [-0.4, -0.2) is 0 Å². The molecule has 0 saturated heterocycles. The van der Waals surface area contributed by atoms with Gasteiger partial charge in [0.15, 0.2) is 0 Å². The second-order valence-corrected chi connectivity index (χ2v) is 4.32. The van der Waals surface area contributed by atoms with Crippen LogP contribution in [-0.2, 0) is 13.2 Å². The molecule has 0 aliphatic carbocycles. The van der Waals surface area contributed by atoms with E-state index in [1.807, 2.05) is 0 Å². The number of nitrogens with two attached hydrogens (primary N) is 1. The first-order chi connectivity index (χ1) is 9.10. The normalized spacial score (nSPS) is 10.5. The highest BCUT2D eigenvalue weighted by atomic mass is 19.1. The summed E-state index contributed by atoms with van der Waals surface area (Å²) in [6.07, 6.45) is 0.